The molecule has 2 saturated carbocycles. The van der Waals surface area contributed by atoms with Gasteiger partial charge in [0.1, 0.15) is 4.88 Å². The largest absolute Gasteiger partial charge is 0.477 e. The molecule has 28 heavy (non-hydrogen) atoms. The smallest absolute Gasteiger partial charge is 0.348 e. The Kier molecular flexibility index (Phi) is 4.05. The molecular formula is C22H23N3O2S. The summed E-state index contributed by atoms with van der Waals surface area (Å²) in [7, 11) is 0. The molecule has 2 heterocycles. The minimum Gasteiger partial charge on any atom is -0.477 e. The zero-order chi connectivity index (χ0) is 19.4. The normalized spacial score (nSPS) is 16.4. The molecule has 5 nitrogen and oxygen atoms in total. The SMILES string of the molecule is Cc1n[nH]c(C)c1-c1cc(C2CC2)c(Nc2ccsc2C(=O)O)c(C2CC2)c1. The summed E-state index contributed by atoms with van der Waals surface area (Å²) >= 11 is 1.27. The molecule has 0 spiro atoms. The highest BCUT2D eigenvalue weighted by Crippen LogP contribution is 2.52. The fourth-order valence-corrected chi connectivity index (χ4v) is 4.78. The predicted octanol–water partition coefficient (Wildman–Crippen LogP) is 5.95. The van der Waals surface area contributed by atoms with Gasteiger partial charge in [-0.2, -0.15) is 5.10 Å². The second-order valence-corrected chi connectivity index (χ2v) is 8.90. The molecule has 0 amide bonds. The van der Waals surface area contributed by atoms with E-state index in [1.54, 1.807) is 0 Å². The van der Waals surface area contributed by atoms with Gasteiger partial charge in [0, 0.05) is 16.9 Å². The van der Waals surface area contributed by atoms with Crippen molar-refractivity contribution < 1.29 is 9.90 Å². The molecule has 2 aromatic heterocycles. The molecule has 0 atom stereocenters. The Balaban J connectivity index is 1.66. The van der Waals surface area contributed by atoms with Gasteiger partial charge in [-0.05, 0) is 91.6 Å². The minimum absolute atomic E-state index is 0.370. The number of hydrogen-bond acceptors (Lipinski definition) is 4. The van der Waals surface area contributed by atoms with E-state index in [9.17, 15) is 9.90 Å². The quantitative estimate of drug-likeness (QED) is 0.483. The number of hydrogen-bond donors (Lipinski definition) is 3. The van der Waals surface area contributed by atoms with Crippen LogP contribution in [0.2, 0.25) is 0 Å². The molecule has 6 heteroatoms. The molecule has 2 fully saturated rings. The lowest BCUT2D eigenvalue weighted by molar-refractivity contribution is 0.0703. The second kappa shape index (κ2) is 6.48. The number of benzene rings is 1. The molecule has 3 N–H and O–H groups in total. The van der Waals surface area contributed by atoms with Gasteiger partial charge in [-0.1, -0.05) is 0 Å². The lowest BCUT2D eigenvalue weighted by Gasteiger charge is -2.19. The van der Waals surface area contributed by atoms with Crippen LogP contribution in [0.1, 0.15) is 69.7 Å². The van der Waals surface area contributed by atoms with Gasteiger partial charge >= 0.3 is 5.97 Å². The number of thiophene rings is 1. The number of nitrogens with one attached hydrogen (secondary N) is 2. The summed E-state index contributed by atoms with van der Waals surface area (Å²) < 4.78 is 0. The standard InChI is InChI=1S/C22H23N3O2S/c1-11-19(12(2)25-24-11)15-9-16(13-3-4-13)20(17(10-15)14-5-6-14)23-18-7-8-28-21(18)22(26)27/h7-10,13-14,23H,3-6H2,1-2H3,(H,24,25)(H,26,27). The summed E-state index contributed by atoms with van der Waals surface area (Å²) in [6.07, 6.45) is 4.78. The first kappa shape index (κ1) is 17.5. The van der Waals surface area contributed by atoms with Gasteiger partial charge in [0.25, 0.3) is 0 Å². The number of rotatable bonds is 6. The van der Waals surface area contributed by atoms with E-state index in [1.165, 1.54) is 59.3 Å². The van der Waals surface area contributed by atoms with Gasteiger partial charge in [-0.25, -0.2) is 4.79 Å². The summed E-state index contributed by atoms with van der Waals surface area (Å²) in [6, 6.07) is 6.47. The van der Waals surface area contributed by atoms with E-state index in [-0.39, 0.29) is 0 Å². The molecule has 5 rings (SSSR count). The van der Waals surface area contributed by atoms with Gasteiger partial charge < -0.3 is 10.4 Å². The Labute approximate surface area is 167 Å². The van der Waals surface area contributed by atoms with Gasteiger partial charge in [0.2, 0.25) is 0 Å². The van der Waals surface area contributed by atoms with Crippen LogP contribution < -0.4 is 5.32 Å². The summed E-state index contributed by atoms with van der Waals surface area (Å²) in [6.45, 7) is 4.11. The Morgan fingerprint density at radius 1 is 1.18 bits per heavy atom. The third-order valence-electron chi connectivity index (χ3n) is 5.77. The number of aromatic amines is 1. The van der Waals surface area contributed by atoms with Crippen LogP contribution in [0.25, 0.3) is 11.1 Å². The summed E-state index contributed by atoms with van der Waals surface area (Å²) in [4.78, 5) is 11.9. The lowest BCUT2D eigenvalue weighted by atomic mass is 9.92. The molecule has 0 unspecified atom stereocenters. The van der Waals surface area contributed by atoms with E-state index in [0.717, 1.165) is 17.1 Å². The van der Waals surface area contributed by atoms with Gasteiger partial charge in [-0.3, -0.25) is 5.10 Å². The van der Waals surface area contributed by atoms with E-state index < -0.39 is 5.97 Å². The Hall–Kier alpha value is -2.60. The minimum atomic E-state index is -0.875. The Morgan fingerprint density at radius 3 is 2.32 bits per heavy atom. The average molecular weight is 394 g/mol. The van der Waals surface area contributed by atoms with Crippen LogP contribution in [0.15, 0.2) is 23.6 Å². The van der Waals surface area contributed by atoms with Crippen molar-refractivity contribution in [1.82, 2.24) is 10.2 Å². The van der Waals surface area contributed by atoms with Gasteiger partial charge in [0.05, 0.1) is 11.4 Å². The van der Waals surface area contributed by atoms with Crippen LogP contribution in [0.4, 0.5) is 11.4 Å². The Bertz CT molecular complexity index is 1020. The first-order valence-corrected chi connectivity index (χ1v) is 10.7. The van der Waals surface area contributed by atoms with Crippen molar-refractivity contribution >= 4 is 28.7 Å². The van der Waals surface area contributed by atoms with Crippen LogP contribution >= 0.6 is 11.3 Å². The van der Waals surface area contributed by atoms with Crippen molar-refractivity contribution in [3.8, 4) is 11.1 Å². The molecule has 0 bridgehead atoms. The number of carboxylic acids is 1. The third kappa shape index (κ3) is 3.02. The van der Waals surface area contributed by atoms with E-state index in [0.29, 0.717) is 22.4 Å². The maximum Gasteiger partial charge on any atom is 0.348 e. The van der Waals surface area contributed by atoms with Crippen LogP contribution in [0.3, 0.4) is 0 Å². The average Bonchev–Trinajstić information content (AvgIpc) is 3.58. The molecular weight excluding hydrogens is 370 g/mol. The fraction of sp³-hybridized carbons (Fsp3) is 0.364. The van der Waals surface area contributed by atoms with Crippen molar-refractivity contribution in [3.05, 3.63) is 51.0 Å². The summed E-state index contributed by atoms with van der Waals surface area (Å²) in [5.74, 6) is 0.235. The summed E-state index contributed by atoms with van der Waals surface area (Å²) in [5.41, 5.74) is 9.00. The number of anilines is 2. The highest BCUT2D eigenvalue weighted by Gasteiger charge is 2.34. The van der Waals surface area contributed by atoms with E-state index in [2.05, 4.69) is 34.6 Å². The van der Waals surface area contributed by atoms with Crippen LogP contribution in [0.5, 0.6) is 0 Å². The lowest BCUT2D eigenvalue weighted by Crippen LogP contribution is -2.04. The monoisotopic (exact) mass is 393 g/mol. The number of nitrogens with zero attached hydrogens (tertiary/aromatic N) is 1. The van der Waals surface area contributed by atoms with Crippen molar-refractivity contribution in [2.24, 2.45) is 0 Å². The Morgan fingerprint density at radius 2 is 1.82 bits per heavy atom. The van der Waals surface area contributed by atoms with Crippen molar-refractivity contribution in [1.29, 1.82) is 0 Å². The zero-order valence-corrected chi connectivity index (χ0v) is 16.8. The van der Waals surface area contributed by atoms with Gasteiger partial charge in [-0.15, -0.1) is 11.3 Å². The molecule has 3 aromatic rings. The van der Waals surface area contributed by atoms with Gasteiger partial charge in [0.15, 0.2) is 0 Å². The number of aromatic nitrogens is 2. The number of H-pyrrole nitrogens is 1. The molecule has 0 aliphatic heterocycles. The first-order valence-electron chi connectivity index (χ1n) is 9.80. The van der Waals surface area contributed by atoms with Crippen LogP contribution in [-0.2, 0) is 0 Å². The number of carboxylic acid groups (broad SMARTS) is 1. The highest BCUT2D eigenvalue weighted by molar-refractivity contribution is 7.12. The van der Waals surface area contributed by atoms with E-state index in [1.807, 2.05) is 18.4 Å². The molecule has 0 radical (unpaired) electrons. The first-order chi connectivity index (χ1) is 13.5. The molecule has 2 aliphatic rings. The number of aromatic carboxylic acids is 1. The predicted molar refractivity (Wildman–Crippen MR) is 112 cm³/mol. The maximum atomic E-state index is 11.6. The fourth-order valence-electron chi connectivity index (χ4n) is 4.09. The highest BCUT2D eigenvalue weighted by atomic mass is 32.1. The van der Waals surface area contributed by atoms with E-state index >= 15 is 0 Å². The van der Waals surface area contributed by atoms with Crippen LogP contribution in [-0.4, -0.2) is 21.3 Å². The molecule has 1 aromatic carbocycles. The molecule has 144 valence electrons. The topological polar surface area (TPSA) is 78.0 Å². The maximum absolute atomic E-state index is 11.6. The van der Waals surface area contributed by atoms with E-state index in [4.69, 9.17) is 0 Å². The van der Waals surface area contributed by atoms with Crippen molar-refractivity contribution in [2.75, 3.05) is 5.32 Å². The number of aryl methyl sites for hydroxylation is 2. The molecule has 2 aliphatic carbocycles. The van der Waals surface area contributed by atoms with Crippen molar-refractivity contribution in [3.63, 3.8) is 0 Å². The molecule has 0 saturated heterocycles. The number of carbonyl (C=O) groups is 1. The second-order valence-electron chi connectivity index (χ2n) is 7.98. The third-order valence-corrected chi connectivity index (χ3v) is 6.67. The van der Waals surface area contributed by atoms with Crippen LogP contribution in [0, 0.1) is 13.8 Å². The van der Waals surface area contributed by atoms with Crippen molar-refractivity contribution in [2.45, 2.75) is 51.4 Å². The summed E-state index contributed by atoms with van der Waals surface area (Å²) in [5, 5.41) is 22.4. The zero-order valence-electron chi connectivity index (χ0n) is 16.0.